The topological polar surface area (TPSA) is 145 Å². The number of rotatable bonds is 4. The van der Waals surface area contributed by atoms with Crippen LogP contribution in [0.15, 0.2) is 65.8 Å². The van der Waals surface area contributed by atoms with E-state index in [2.05, 4.69) is 30.5 Å². The fraction of sp³-hybridized carbons (Fsp3) is 0. The Morgan fingerprint density at radius 3 is 2.28 bits per heavy atom. The summed E-state index contributed by atoms with van der Waals surface area (Å²) >= 11 is 0. The molecule has 0 spiro atoms. The third-order valence-corrected chi connectivity index (χ3v) is 4.01. The van der Waals surface area contributed by atoms with E-state index in [0.29, 0.717) is 5.82 Å². The van der Waals surface area contributed by atoms with Crippen molar-refractivity contribution in [3.05, 3.63) is 71.9 Å². The molecule has 1 amide bonds. The summed E-state index contributed by atoms with van der Waals surface area (Å²) in [7, 11) is 0. The van der Waals surface area contributed by atoms with E-state index in [1.807, 2.05) is 60.7 Å². The lowest BCUT2D eigenvalue weighted by molar-refractivity contribution is 0.0951. The van der Waals surface area contributed by atoms with Crippen LogP contribution in [0.5, 0.6) is 0 Å². The molecule has 2 aromatic carbocycles. The highest BCUT2D eigenvalue weighted by Crippen LogP contribution is 2.22. The molecule has 5 N–H and O–H groups in total. The van der Waals surface area contributed by atoms with E-state index in [1.54, 1.807) is 0 Å². The quantitative estimate of drug-likeness (QED) is 0.360. The predicted molar refractivity (Wildman–Crippen MR) is 111 cm³/mol. The monoisotopic (exact) mass is 384 g/mol. The van der Waals surface area contributed by atoms with Gasteiger partial charge in [0.2, 0.25) is 0 Å². The average molecular weight is 384 g/mol. The van der Waals surface area contributed by atoms with Gasteiger partial charge in [-0.05, 0) is 5.56 Å². The third kappa shape index (κ3) is 3.83. The van der Waals surface area contributed by atoms with Gasteiger partial charge in [-0.1, -0.05) is 60.7 Å². The maximum absolute atomic E-state index is 12.4. The molecule has 0 bridgehead atoms. The van der Waals surface area contributed by atoms with Crippen molar-refractivity contribution in [2.45, 2.75) is 0 Å². The Morgan fingerprint density at radius 2 is 1.55 bits per heavy atom. The minimum Gasteiger partial charge on any atom is -0.382 e. The van der Waals surface area contributed by atoms with Gasteiger partial charge in [-0.2, -0.15) is 5.10 Å². The fourth-order valence-corrected chi connectivity index (χ4v) is 2.62. The molecule has 9 nitrogen and oxygen atoms in total. The summed E-state index contributed by atoms with van der Waals surface area (Å²) in [4.78, 5) is 29.4. The number of carbonyl (C=O) groups is 1. The number of fused-ring (bicyclic) bond motifs is 1. The number of hydrazone groups is 1. The first kappa shape index (κ1) is 18.0. The van der Waals surface area contributed by atoms with Crippen LogP contribution in [0.3, 0.4) is 0 Å². The number of nitrogen functional groups attached to an aromatic ring is 2. The summed E-state index contributed by atoms with van der Waals surface area (Å²) in [5.74, 6) is -0.199. The smallest absolute Gasteiger partial charge is 0.293 e. The van der Waals surface area contributed by atoms with Crippen LogP contribution < -0.4 is 16.9 Å². The molecule has 0 atom stereocenters. The first-order chi connectivity index (χ1) is 14.1. The lowest BCUT2D eigenvalue weighted by Crippen LogP contribution is -2.22. The number of hydrogen-bond acceptors (Lipinski definition) is 8. The molecule has 0 aliphatic rings. The van der Waals surface area contributed by atoms with Gasteiger partial charge in [-0.25, -0.2) is 25.4 Å². The van der Waals surface area contributed by atoms with E-state index >= 15 is 0 Å². The summed E-state index contributed by atoms with van der Waals surface area (Å²) in [6.45, 7) is 0. The third-order valence-electron chi connectivity index (χ3n) is 4.01. The van der Waals surface area contributed by atoms with Crippen molar-refractivity contribution in [2.24, 2.45) is 5.10 Å². The number of aromatic nitrogens is 4. The number of nitrogens with two attached hydrogens (primary N) is 2. The van der Waals surface area contributed by atoms with Crippen molar-refractivity contribution in [2.75, 3.05) is 11.5 Å². The molecule has 0 radical (unpaired) electrons. The Balaban J connectivity index is 1.64. The summed E-state index contributed by atoms with van der Waals surface area (Å²) in [6, 6.07) is 18.6. The van der Waals surface area contributed by atoms with E-state index in [0.717, 1.165) is 11.1 Å². The first-order valence-corrected chi connectivity index (χ1v) is 8.66. The minimum atomic E-state index is -0.615. The van der Waals surface area contributed by atoms with Crippen molar-refractivity contribution in [3.63, 3.8) is 0 Å². The molecule has 0 aliphatic heterocycles. The molecule has 0 unspecified atom stereocenters. The van der Waals surface area contributed by atoms with Gasteiger partial charge in [0.05, 0.1) is 6.21 Å². The summed E-state index contributed by atoms with van der Waals surface area (Å²) in [5, 5.41) is 3.90. The van der Waals surface area contributed by atoms with E-state index in [9.17, 15) is 4.79 Å². The molecular formula is C20H16N8O. The lowest BCUT2D eigenvalue weighted by atomic mass is 10.2. The van der Waals surface area contributed by atoms with E-state index in [4.69, 9.17) is 11.5 Å². The standard InChI is InChI=1S/C20H16N8O/c21-16-14-19(27-18(25-16)13-9-5-2-6-10-13)26-17(22)15(24-14)20(29)28-23-11-12-7-3-1-4-8-12/h1-11H,(H,28,29)(H4,21,22,25,26,27). The van der Waals surface area contributed by atoms with E-state index in [-0.39, 0.29) is 28.5 Å². The van der Waals surface area contributed by atoms with Crippen molar-refractivity contribution in [1.82, 2.24) is 25.4 Å². The Morgan fingerprint density at radius 1 is 0.862 bits per heavy atom. The Kier molecular flexibility index (Phi) is 4.77. The van der Waals surface area contributed by atoms with Crippen LogP contribution >= 0.6 is 0 Å². The molecule has 4 rings (SSSR count). The fourth-order valence-electron chi connectivity index (χ4n) is 2.62. The molecule has 9 heteroatoms. The number of benzene rings is 2. The van der Waals surface area contributed by atoms with Crippen LogP contribution in [0.2, 0.25) is 0 Å². The zero-order valence-electron chi connectivity index (χ0n) is 15.1. The maximum atomic E-state index is 12.4. The van der Waals surface area contributed by atoms with Gasteiger partial charge in [-0.3, -0.25) is 4.79 Å². The molecule has 4 aromatic rings. The molecule has 2 aromatic heterocycles. The van der Waals surface area contributed by atoms with E-state index < -0.39 is 5.91 Å². The van der Waals surface area contributed by atoms with Crippen molar-refractivity contribution < 1.29 is 4.79 Å². The highest BCUT2D eigenvalue weighted by Gasteiger charge is 2.17. The second-order valence-electron chi connectivity index (χ2n) is 6.04. The van der Waals surface area contributed by atoms with Crippen LogP contribution in [0, 0.1) is 0 Å². The van der Waals surface area contributed by atoms with Gasteiger partial charge >= 0.3 is 0 Å². The number of amides is 1. The molecule has 142 valence electrons. The highest BCUT2D eigenvalue weighted by atomic mass is 16.2. The molecule has 0 saturated carbocycles. The normalized spacial score (nSPS) is 11.0. The second-order valence-corrected chi connectivity index (χ2v) is 6.04. The number of nitrogens with zero attached hydrogens (tertiary/aromatic N) is 5. The molecular weight excluding hydrogens is 368 g/mol. The largest absolute Gasteiger partial charge is 0.382 e. The van der Waals surface area contributed by atoms with Gasteiger partial charge in [0.25, 0.3) is 5.91 Å². The van der Waals surface area contributed by atoms with Gasteiger partial charge in [0.15, 0.2) is 34.3 Å². The van der Waals surface area contributed by atoms with Crippen LogP contribution in [-0.2, 0) is 0 Å². The minimum absolute atomic E-state index is 0.0815. The van der Waals surface area contributed by atoms with Gasteiger partial charge in [0, 0.05) is 5.56 Å². The molecule has 29 heavy (non-hydrogen) atoms. The number of anilines is 2. The van der Waals surface area contributed by atoms with Crippen LogP contribution in [0.4, 0.5) is 11.6 Å². The maximum Gasteiger partial charge on any atom is 0.293 e. The number of carbonyl (C=O) groups excluding carboxylic acids is 1. The van der Waals surface area contributed by atoms with Crippen molar-refractivity contribution in [1.29, 1.82) is 0 Å². The van der Waals surface area contributed by atoms with Gasteiger partial charge in [-0.15, -0.1) is 0 Å². The Bertz CT molecular complexity index is 1210. The summed E-state index contributed by atoms with van der Waals surface area (Å²) in [5.41, 5.74) is 16.2. The van der Waals surface area contributed by atoms with Crippen LogP contribution in [0.25, 0.3) is 22.6 Å². The van der Waals surface area contributed by atoms with Crippen molar-refractivity contribution >= 4 is 34.9 Å². The number of nitrogens with one attached hydrogen (secondary N) is 1. The molecule has 0 fully saturated rings. The molecule has 0 saturated heterocycles. The van der Waals surface area contributed by atoms with Gasteiger partial charge < -0.3 is 11.5 Å². The van der Waals surface area contributed by atoms with E-state index in [1.165, 1.54) is 6.21 Å². The lowest BCUT2D eigenvalue weighted by Gasteiger charge is -2.08. The van der Waals surface area contributed by atoms with Crippen LogP contribution in [0.1, 0.15) is 16.1 Å². The Hall–Kier alpha value is -4.40. The van der Waals surface area contributed by atoms with Crippen LogP contribution in [-0.4, -0.2) is 32.1 Å². The summed E-state index contributed by atoms with van der Waals surface area (Å²) < 4.78 is 0. The SMILES string of the molecule is Nc1nc2nc(-c3ccccc3)nc(N)c2nc1C(=O)NN=Cc1ccccc1. The molecule has 0 aliphatic carbocycles. The number of hydrogen-bond donors (Lipinski definition) is 3. The first-order valence-electron chi connectivity index (χ1n) is 8.66. The zero-order valence-corrected chi connectivity index (χ0v) is 15.1. The zero-order chi connectivity index (χ0) is 20.2. The predicted octanol–water partition coefficient (Wildman–Crippen LogP) is 2.02. The summed E-state index contributed by atoms with van der Waals surface area (Å²) in [6.07, 6.45) is 1.51. The second kappa shape index (κ2) is 7.69. The van der Waals surface area contributed by atoms with Crippen molar-refractivity contribution in [3.8, 4) is 11.4 Å². The highest BCUT2D eigenvalue weighted by molar-refractivity contribution is 5.99. The Labute approximate surface area is 165 Å². The van der Waals surface area contributed by atoms with Gasteiger partial charge in [0.1, 0.15) is 0 Å². The molecule has 2 heterocycles. The average Bonchev–Trinajstić information content (AvgIpc) is 2.74.